The second-order valence-electron chi connectivity index (χ2n) is 5.93. The number of hydrogen-bond acceptors (Lipinski definition) is 3. The van der Waals surface area contributed by atoms with Gasteiger partial charge in [-0.05, 0) is 30.7 Å². The van der Waals surface area contributed by atoms with Gasteiger partial charge in [-0.3, -0.25) is 9.78 Å². The average molecular weight is 313 g/mol. The highest BCUT2D eigenvalue weighted by atomic mass is 16.5. The van der Waals surface area contributed by atoms with E-state index in [-0.39, 0.29) is 12.0 Å². The number of nitrogens with zero attached hydrogens (tertiary/aromatic N) is 3. The van der Waals surface area contributed by atoms with E-state index in [1.54, 1.807) is 6.20 Å². The van der Waals surface area contributed by atoms with E-state index in [1.807, 2.05) is 36.1 Å². The predicted octanol–water partition coefficient (Wildman–Crippen LogP) is 2.61. The molecule has 3 rings (SSSR count). The van der Waals surface area contributed by atoms with Crippen LogP contribution >= 0.6 is 0 Å². The highest BCUT2D eigenvalue weighted by Crippen LogP contribution is 2.17. The maximum atomic E-state index is 12.4. The minimum atomic E-state index is -0.0218. The summed E-state index contributed by atoms with van der Waals surface area (Å²) in [6.07, 6.45) is 5.27. The number of ether oxygens (including phenoxy) is 1. The minimum Gasteiger partial charge on any atom is -0.368 e. The molecule has 122 valence electrons. The first kappa shape index (κ1) is 15.7. The Morgan fingerprint density at radius 3 is 3.00 bits per heavy atom. The van der Waals surface area contributed by atoms with Crippen molar-refractivity contribution in [2.75, 3.05) is 6.54 Å². The van der Waals surface area contributed by atoms with E-state index in [9.17, 15) is 4.79 Å². The van der Waals surface area contributed by atoms with E-state index in [1.165, 1.54) is 5.69 Å². The van der Waals surface area contributed by atoms with Gasteiger partial charge < -0.3 is 14.2 Å². The fraction of sp³-hybridized carbons (Fsp3) is 0.444. The van der Waals surface area contributed by atoms with Crippen LogP contribution in [-0.4, -0.2) is 33.0 Å². The molecule has 0 aromatic carbocycles. The second kappa shape index (κ2) is 7.42. The number of hydrogen-bond donors (Lipinski definition) is 0. The van der Waals surface area contributed by atoms with Crippen LogP contribution in [0.3, 0.4) is 0 Å². The number of carbonyl (C=O) groups excluding carboxylic acids is 1. The quantitative estimate of drug-likeness (QED) is 0.852. The molecule has 0 N–H and O–H groups in total. The summed E-state index contributed by atoms with van der Waals surface area (Å²) in [6, 6.07) is 9.91. The van der Waals surface area contributed by atoms with Crippen LogP contribution in [0.15, 0.2) is 42.7 Å². The molecule has 1 aliphatic heterocycles. The number of pyridine rings is 1. The summed E-state index contributed by atoms with van der Waals surface area (Å²) >= 11 is 0. The Morgan fingerprint density at radius 2 is 2.22 bits per heavy atom. The third-order valence-electron chi connectivity index (χ3n) is 4.11. The summed E-state index contributed by atoms with van der Waals surface area (Å²) < 4.78 is 8.24. The molecule has 2 aromatic rings. The molecule has 5 nitrogen and oxygen atoms in total. The molecule has 0 radical (unpaired) electrons. The number of fused-ring (bicyclic) bond motifs is 1. The lowest BCUT2D eigenvalue weighted by molar-refractivity contribution is -0.134. The van der Waals surface area contributed by atoms with Crippen LogP contribution in [0.2, 0.25) is 0 Å². The normalized spacial score (nSPS) is 17.6. The molecule has 0 bridgehead atoms. The maximum absolute atomic E-state index is 12.4. The Hall–Kier alpha value is -2.14. The van der Waals surface area contributed by atoms with Gasteiger partial charge in [-0.2, -0.15) is 0 Å². The van der Waals surface area contributed by atoms with Crippen molar-refractivity contribution in [2.45, 2.75) is 45.6 Å². The number of carbonyl (C=O) groups is 1. The summed E-state index contributed by atoms with van der Waals surface area (Å²) in [5, 5.41) is 0. The van der Waals surface area contributed by atoms with Gasteiger partial charge in [0.05, 0.1) is 31.5 Å². The van der Waals surface area contributed by atoms with Crippen LogP contribution in [0.4, 0.5) is 0 Å². The standard InChI is InChI=1S/C18H23N3O2/c1-2-6-18(22)21-11-16-8-5-10-20(16)12-17(13-21)23-14-15-7-3-4-9-19-15/h3-5,7-10,17H,2,6,11-14H2,1H3/t17-/m1/s1. The molecular formula is C18H23N3O2. The smallest absolute Gasteiger partial charge is 0.222 e. The average Bonchev–Trinajstić information content (AvgIpc) is 2.92. The van der Waals surface area contributed by atoms with Crippen LogP contribution < -0.4 is 0 Å². The molecule has 1 amide bonds. The molecular weight excluding hydrogens is 290 g/mol. The van der Waals surface area contributed by atoms with E-state index in [0.29, 0.717) is 26.1 Å². The van der Waals surface area contributed by atoms with Crippen LogP contribution in [0, 0.1) is 0 Å². The van der Waals surface area contributed by atoms with Gasteiger partial charge >= 0.3 is 0 Å². The largest absolute Gasteiger partial charge is 0.368 e. The molecule has 3 heterocycles. The van der Waals surface area contributed by atoms with E-state index in [2.05, 4.69) is 21.8 Å². The van der Waals surface area contributed by atoms with Crippen molar-refractivity contribution in [1.82, 2.24) is 14.5 Å². The van der Waals surface area contributed by atoms with Crippen molar-refractivity contribution in [3.63, 3.8) is 0 Å². The van der Waals surface area contributed by atoms with Gasteiger partial charge in [0.25, 0.3) is 0 Å². The fourth-order valence-corrected chi connectivity index (χ4v) is 2.91. The Bertz CT molecular complexity index is 639. The number of rotatable bonds is 5. The molecule has 1 atom stereocenters. The monoisotopic (exact) mass is 313 g/mol. The molecule has 1 aliphatic rings. The van der Waals surface area contributed by atoms with Gasteiger partial charge in [-0.1, -0.05) is 13.0 Å². The van der Waals surface area contributed by atoms with Crippen molar-refractivity contribution in [3.8, 4) is 0 Å². The first-order chi connectivity index (χ1) is 11.3. The van der Waals surface area contributed by atoms with Crippen molar-refractivity contribution in [1.29, 1.82) is 0 Å². The Balaban J connectivity index is 1.70. The zero-order chi connectivity index (χ0) is 16.1. The van der Waals surface area contributed by atoms with Crippen LogP contribution in [-0.2, 0) is 29.2 Å². The first-order valence-electron chi connectivity index (χ1n) is 8.19. The molecule has 2 aromatic heterocycles. The summed E-state index contributed by atoms with van der Waals surface area (Å²) in [7, 11) is 0. The summed E-state index contributed by atoms with van der Waals surface area (Å²) in [5.74, 6) is 0.202. The molecule has 0 fully saturated rings. The van der Waals surface area contributed by atoms with E-state index < -0.39 is 0 Å². The van der Waals surface area contributed by atoms with Crippen molar-refractivity contribution in [2.24, 2.45) is 0 Å². The zero-order valence-electron chi connectivity index (χ0n) is 13.5. The Labute approximate surface area is 136 Å². The maximum Gasteiger partial charge on any atom is 0.222 e. The topological polar surface area (TPSA) is 47.4 Å². The highest BCUT2D eigenvalue weighted by Gasteiger charge is 2.24. The van der Waals surface area contributed by atoms with Gasteiger partial charge in [0, 0.05) is 31.1 Å². The third-order valence-corrected chi connectivity index (χ3v) is 4.11. The third kappa shape index (κ3) is 3.99. The minimum absolute atomic E-state index is 0.0218. The molecule has 0 unspecified atom stereocenters. The highest BCUT2D eigenvalue weighted by molar-refractivity contribution is 5.76. The Kier molecular flexibility index (Phi) is 5.08. The molecule has 5 heteroatoms. The van der Waals surface area contributed by atoms with Gasteiger partial charge in [0.15, 0.2) is 0 Å². The molecule has 0 spiro atoms. The Morgan fingerprint density at radius 1 is 1.30 bits per heavy atom. The predicted molar refractivity (Wildman–Crippen MR) is 87.6 cm³/mol. The lowest BCUT2D eigenvalue weighted by Crippen LogP contribution is -2.37. The van der Waals surface area contributed by atoms with Crippen LogP contribution in [0.25, 0.3) is 0 Å². The van der Waals surface area contributed by atoms with Crippen LogP contribution in [0.1, 0.15) is 31.2 Å². The fourth-order valence-electron chi connectivity index (χ4n) is 2.91. The number of amides is 1. The van der Waals surface area contributed by atoms with Gasteiger partial charge in [-0.15, -0.1) is 0 Å². The van der Waals surface area contributed by atoms with Crippen molar-refractivity contribution in [3.05, 3.63) is 54.1 Å². The lowest BCUT2D eigenvalue weighted by Gasteiger charge is -2.24. The van der Waals surface area contributed by atoms with E-state index >= 15 is 0 Å². The summed E-state index contributed by atoms with van der Waals surface area (Å²) in [6.45, 7) is 4.57. The summed E-state index contributed by atoms with van der Waals surface area (Å²) in [4.78, 5) is 18.6. The molecule has 23 heavy (non-hydrogen) atoms. The van der Waals surface area contributed by atoms with Crippen LogP contribution in [0.5, 0.6) is 0 Å². The molecule has 0 saturated carbocycles. The van der Waals surface area contributed by atoms with E-state index in [4.69, 9.17) is 4.74 Å². The SMILES string of the molecule is CCCC(=O)N1Cc2cccn2C[C@@H](OCc2ccccn2)C1. The van der Waals surface area contributed by atoms with E-state index in [0.717, 1.165) is 18.7 Å². The molecule has 0 saturated heterocycles. The van der Waals surface area contributed by atoms with Gasteiger partial charge in [0.1, 0.15) is 0 Å². The van der Waals surface area contributed by atoms with Gasteiger partial charge in [0.2, 0.25) is 5.91 Å². The number of aromatic nitrogens is 2. The van der Waals surface area contributed by atoms with Crippen molar-refractivity contribution < 1.29 is 9.53 Å². The summed E-state index contributed by atoms with van der Waals surface area (Å²) in [5.41, 5.74) is 2.08. The molecule has 0 aliphatic carbocycles. The van der Waals surface area contributed by atoms with Crippen molar-refractivity contribution >= 4 is 5.91 Å². The zero-order valence-corrected chi connectivity index (χ0v) is 13.5. The first-order valence-corrected chi connectivity index (χ1v) is 8.19. The van der Waals surface area contributed by atoms with Gasteiger partial charge in [-0.25, -0.2) is 0 Å². The lowest BCUT2D eigenvalue weighted by atomic mass is 10.2. The second-order valence-corrected chi connectivity index (χ2v) is 5.93.